The highest BCUT2D eigenvalue weighted by Crippen LogP contribution is 2.42. The van der Waals surface area contributed by atoms with E-state index < -0.39 is 74.0 Å². The predicted octanol–water partition coefficient (Wildman–Crippen LogP) is 14.2. The lowest BCUT2D eigenvalue weighted by Gasteiger charge is -2.41. The Balaban J connectivity index is 1.08. The molecule has 5 rings (SSSR count). The summed E-state index contributed by atoms with van der Waals surface area (Å²) in [4.78, 5) is 52.3. The van der Waals surface area contributed by atoms with Crippen LogP contribution >= 0.6 is 0 Å². The molecule has 2 aliphatic heterocycles. The van der Waals surface area contributed by atoms with Gasteiger partial charge in [0.2, 0.25) is 5.91 Å². The highest BCUT2D eigenvalue weighted by molar-refractivity contribution is 6.09. The molecule has 2 heterocycles. The minimum Gasteiger partial charge on any atom is -0.508 e. The number of aliphatic hydroxyl groups is 5. The maximum Gasteiger partial charge on any atom is 0.336 e. The van der Waals surface area contributed by atoms with Crippen molar-refractivity contribution in [1.82, 2.24) is 10.6 Å². The van der Waals surface area contributed by atoms with Gasteiger partial charge < -0.3 is 60.3 Å². The topological polar surface area (TPSA) is 266 Å². The van der Waals surface area contributed by atoms with Crippen LogP contribution in [-0.2, 0) is 14.3 Å². The number of hydrogen-bond acceptors (Lipinski definition) is 13. The maximum atomic E-state index is 13.7. The molecular weight excluding hydrogens is 1100 g/mol. The Labute approximate surface area is 519 Å². The second kappa shape index (κ2) is 42.1. The summed E-state index contributed by atoms with van der Waals surface area (Å²) in [7, 11) is 0. The number of aromatic hydroxyl groups is 1. The fraction of sp³-hybridized carbons (Fsp3) is 0.690. The molecule has 16 heteroatoms. The molecule has 488 valence electrons. The van der Waals surface area contributed by atoms with Gasteiger partial charge in [-0.25, -0.2) is 4.79 Å². The van der Waals surface area contributed by atoms with E-state index in [0.29, 0.717) is 35.8 Å². The molecule has 1 fully saturated rings. The number of phenols is 1. The van der Waals surface area contributed by atoms with Gasteiger partial charge in [-0.2, -0.15) is 0 Å². The maximum absolute atomic E-state index is 13.7. The molecule has 2 aromatic rings. The molecule has 1 aliphatic carbocycles. The number of amides is 2. The van der Waals surface area contributed by atoms with Crippen LogP contribution in [0.5, 0.6) is 5.75 Å². The molecule has 1 saturated heterocycles. The first kappa shape index (κ1) is 72.8. The number of aliphatic hydroxyl groups excluding tert-OH is 5. The molecule has 5 unspecified atom stereocenters. The van der Waals surface area contributed by atoms with Crippen LogP contribution in [0.1, 0.15) is 272 Å². The number of ether oxygens (including phenoxy) is 2. The zero-order valence-electron chi connectivity index (χ0n) is 52.9. The molecule has 87 heavy (non-hydrogen) atoms. The van der Waals surface area contributed by atoms with Crippen LogP contribution in [0.15, 0.2) is 63.8 Å². The van der Waals surface area contributed by atoms with Gasteiger partial charge in [0.25, 0.3) is 5.91 Å². The van der Waals surface area contributed by atoms with Gasteiger partial charge in [-0.1, -0.05) is 238 Å². The Kier molecular flexibility index (Phi) is 35.2. The lowest BCUT2D eigenvalue weighted by atomic mass is 9.90. The summed E-state index contributed by atoms with van der Waals surface area (Å²) in [6, 6.07) is 11.3. The molecule has 0 aromatic heterocycles. The van der Waals surface area contributed by atoms with Crippen molar-refractivity contribution in [3.8, 4) is 28.2 Å². The van der Waals surface area contributed by atoms with Crippen LogP contribution in [-0.4, -0.2) is 116 Å². The minimum atomic E-state index is -1.81. The van der Waals surface area contributed by atoms with Crippen molar-refractivity contribution in [1.29, 1.82) is 0 Å². The number of benzene rings is 3. The number of carboxylic acid groups (broad SMARTS) is 1. The summed E-state index contributed by atoms with van der Waals surface area (Å²) < 4.78 is 17.8. The average molecular weight is 1220 g/mol. The van der Waals surface area contributed by atoms with E-state index in [1.807, 2.05) is 0 Å². The first-order chi connectivity index (χ1) is 42.2. The standard InChI is InChI=1S/C71H110N2O14/c1-3-5-7-9-11-13-15-17-18-19-20-21-22-23-24-25-26-27-29-31-33-35-37-39-63(77)73-58(65(78)59(76)38-36-34-32-30-28-16-14-12-10-8-6-4-2)50-85-71-68(81)67(80)66(79)62(87-71)49-72-69(82)51-40-43-54(57(46-51)70(83)84)64-55-44-41-52(74)47-60(55)86-61-48-53(75)42-45-56(61)64/h40-48,58-59,62,65-68,71,74,76,78-81H,3-39,49-50H2,1-2H3,(H,72,82)(H,73,77)(H,83,84)/t58-,59+,62?,65-,66?,67?,68?,71?/m0/s1. The smallest absolute Gasteiger partial charge is 0.336 e. The lowest BCUT2D eigenvalue weighted by molar-refractivity contribution is -0.297. The summed E-state index contributed by atoms with van der Waals surface area (Å²) in [5, 5.41) is 82.5. The first-order valence-corrected chi connectivity index (χ1v) is 34.1. The molecule has 0 saturated carbocycles. The van der Waals surface area contributed by atoms with E-state index in [-0.39, 0.29) is 51.5 Å². The summed E-state index contributed by atoms with van der Waals surface area (Å²) in [5.41, 5.74) is 0.521. The number of rotatable bonds is 48. The molecule has 3 aliphatic rings. The van der Waals surface area contributed by atoms with Gasteiger partial charge in [0, 0.05) is 47.2 Å². The van der Waals surface area contributed by atoms with Crippen LogP contribution in [0.2, 0.25) is 0 Å². The van der Waals surface area contributed by atoms with Crippen LogP contribution in [0.3, 0.4) is 0 Å². The second-order valence-electron chi connectivity index (χ2n) is 24.9. The molecule has 2 aromatic carbocycles. The summed E-state index contributed by atoms with van der Waals surface area (Å²) in [6.07, 6.45) is 32.6. The molecule has 0 spiro atoms. The third-order valence-corrected chi connectivity index (χ3v) is 17.5. The van der Waals surface area contributed by atoms with Crippen molar-refractivity contribution in [2.24, 2.45) is 0 Å². The number of hydrogen-bond donors (Lipinski definition) is 9. The number of nitrogens with one attached hydrogen (secondary N) is 2. The van der Waals surface area contributed by atoms with Crippen LogP contribution < -0.4 is 16.1 Å². The fourth-order valence-corrected chi connectivity index (χ4v) is 12.2. The van der Waals surface area contributed by atoms with Crippen LogP contribution in [0.4, 0.5) is 0 Å². The highest BCUT2D eigenvalue weighted by Gasteiger charge is 2.45. The molecule has 16 nitrogen and oxygen atoms in total. The molecule has 0 radical (unpaired) electrons. The Bertz CT molecular complexity index is 2590. The third-order valence-electron chi connectivity index (χ3n) is 17.5. The molecule has 8 atom stereocenters. The summed E-state index contributed by atoms with van der Waals surface area (Å²) in [5.74, 6) is -2.41. The average Bonchev–Trinajstić information content (AvgIpc) is 0.982. The lowest BCUT2D eigenvalue weighted by Crippen LogP contribution is -2.61. The van der Waals surface area contributed by atoms with Crippen molar-refractivity contribution in [3.63, 3.8) is 0 Å². The van der Waals surface area contributed by atoms with Crippen molar-refractivity contribution in [2.75, 3.05) is 13.2 Å². The van der Waals surface area contributed by atoms with Gasteiger partial charge in [0.15, 0.2) is 11.7 Å². The monoisotopic (exact) mass is 1210 g/mol. The Morgan fingerprint density at radius 3 is 1.59 bits per heavy atom. The number of phenolic OH excluding ortho intramolecular Hbond substituents is 1. The van der Waals surface area contributed by atoms with E-state index in [1.165, 1.54) is 222 Å². The van der Waals surface area contributed by atoms with E-state index in [1.54, 1.807) is 6.07 Å². The molecule has 9 N–H and O–H groups in total. The van der Waals surface area contributed by atoms with Gasteiger partial charge in [0.05, 0.1) is 24.3 Å². The van der Waals surface area contributed by atoms with Gasteiger partial charge in [-0.05, 0) is 54.8 Å². The quantitative estimate of drug-likeness (QED) is 0.0147. The van der Waals surface area contributed by atoms with Crippen LogP contribution in [0, 0.1) is 0 Å². The molecule has 0 bridgehead atoms. The number of unbranched alkanes of at least 4 members (excludes halogenated alkanes) is 33. The van der Waals surface area contributed by atoms with Gasteiger partial charge in [0.1, 0.15) is 47.6 Å². The van der Waals surface area contributed by atoms with Gasteiger partial charge in [-0.3, -0.25) is 14.4 Å². The van der Waals surface area contributed by atoms with Crippen LogP contribution in [0.25, 0.3) is 33.4 Å². The molecule has 2 amide bonds. The Hall–Kier alpha value is -4.94. The second-order valence-corrected chi connectivity index (χ2v) is 24.9. The van der Waals surface area contributed by atoms with Crippen molar-refractivity contribution in [2.45, 2.75) is 300 Å². The summed E-state index contributed by atoms with van der Waals surface area (Å²) in [6.45, 7) is 3.64. The number of fused-ring (bicyclic) bond motifs is 2. The SMILES string of the molecule is CCCCCCCCCCCCCCCCCCCCCCCCCC(=O)N[C@@H](COC1OC(CNC(=O)c2ccc(-c3c4ccc(=O)cc-4oc4cc(O)ccc34)c(C(=O)O)c2)C(O)C(O)C1O)[C@H](O)[C@H](O)CCCCCCCCCCCCCC. The van der Waals surface area contributed by atoms with E-state index in [4.69, 9.17) is 13.9 Å². The molecular formula is C71H110N2O14. The zero-order chi connectivity index (χ0) is 62.6. The fourth-order valence-electron chi connectivity index (χ4n) is 12.2. The van der Waals surface area contributed by atoms with Crippen molar-refractivity contribution >= 4 is 28.8 Å². The largest absolute Gasteiger partial charge is 0.508 e. The van der Waals surface area contributed by atoms with E-state index in [2.05, 4.69) is 24.5 Å². The predicted molar refractivity (Wildman–Crippen MR) is 344 cm³/mol. The van der Waals surface area contributed by atoms with Crippen molar-refractivity contribution in [3.05, 3.63) is 75.9 Å². The number of carboxylic acids is 1. The van der Waals surface area contributed by atoms with E-state index in [0.717, 1.165) is 38.5 Å². The Morgan fingerprint density at radius 1 is 0.575 bits per heavy atom. The number of carbonyl (C=O) groups is 3. The number of carbonyl (C=O) groups excluding carboxylic acids is 2. The number of aromatic carboxylic acids is 1. The van der Waals surface area contributed by atoms with E-state index in [9.17, 15) is 54.9 Å². The van der Waals surface area contributed by atoms with Gasteiger partial charge >= 0.3 is 5.97 Å². The Morgan fingerprint density at radius 2 is 1.07 bits per heavy atom. The third kappa shape index (κ3) is 26.2. The highest BCUT2D eigenvalue weighted by atomic mass is 16.7. The zero-order valence-corrected chi connectivity index (χ0v) is 52.9. The summed E-state index contributed by atoms with van der Waals surface area (Å²) >= 11 is 0. The van der Waals surface area contributed by atoms with Crippen molar-refractivity contribution < 1.29 is 64.0 Å². The van der Waals surface area contributed by atoms with Gasteiger partial charge in [-0.15, -0.1) is 0 Å². The van der Waals surface area contributed by atoms with E-state index >= 15 is 0 Å². The first-order valence-electron chi connectivity index (χ1n) is 34.1. The normalized spacial score (nSPS) is 18.0. The minimum absolute atomic E-state index is 0.0749.